The second kappa shape index (κ2) is 5.79. The van der Waals surface area contributed by atoms with E-state index in [2.05, 4.69) is 10.6 Å². The lowest BCUT2D eigenvalue weighted by atomic mass is 10.2. The zero-order valence-electron chi connectivity index (χ0n) is 10.0. The molecule has 1 heterocycles. The Kier molecular flexibility index (Phi) is 4.11. The summed E-state index contributed by atoms with van der Waals surface area (Å²) >= 11 is 0. The van der Waals surface area contributed by atoms with Crippen molar-refractivity contribution in [2.24, 2.45) is 0 Å². The van der Waals surface area contributed by atoms with Crippen LogP contribution < -0.4 is 15.4 Å². The van der Waals surface area contributed by atoms with Crippen LogP contribution in [0.15, 0.2) is 18.2 Å². The average Bonchev–Trinajstić information content (AvgIpc) is 2.42. The van der Waals surface area contributed by atoms with Crippen molar-refractivity contribution in [2.75, 3.05) is 32.1 Å². The summed E-state index contributed by atoms with van der Waals surface area (Å²) in [6.45, 7) is 1.73. The van der Waals surface area contributed by atoms with E-state index in [-0.39, 0.29) is 11.7 Å². The molecule has 1 atom stereocenters. The van der Waals surface area contributed by atoms with Gasteiger partial charge in [-0.2, -0.15) is 0 Å². The molecule has 2 N–H and O–H groups in total. The minimum Gasteiger partial charge on any atom is -0.494 e. The van der Waals surface area contributed by atoms with Gasteiger partial charge in [-0.05, 0) is 12.1 Å². The summed E-state index contributed by atoms with van der Waals surface area (Å²) in [5.41, 5.74) is 0.479. The first-order valence-corrected chi connectivity index (χ1v) is 5.67. The molecule has 18 heavy (non-hydrogen) atoms. The molecular weight excluding hydrogens is 239 g/mol. The maximum atomic E-state index is 13.2. The Morgan fingerprint density at radius 2 is 2.44 bits per heavy atom. The van der Waals surface area contributed by atoms with Crippen LogP contribution in [0.3, 0.4) is 0 Å². The first kappa shape index (κ1) is 12.8. The van der Waals surface area contributed by atoms with Gasteiger partial charge in [0, 0.05) is 24.8 Å². The number of rotatable bonds is 3. The minimum absolute atomic E-state index is 0.0930. The lowest BCUT2D eigenvalue weighted by molar-refractivity contribution is -0.128. The third-order valence-corrected chi connectivity index (χ3v) is 2.64. The summed E-state index contributed by atoms with van der Waals surface area (Å²) in [5.74, 6) is -0.627. The molecule has 6 heteroatoms. The van der Waals surface area contributed by atoms with Gasteiger partial charge in [-0.25, -0.2) is 4.39 Å². The molecule has 0 aromatic heterocycles. The molecule has 1 aromatic carbocycles. The highest BCUT2D eigenvalue weighted by atomic mass is 19.1. The van der Waals surface area contributed by atoms with Crippen molar-refractivity contribution in [1.82, 2.24) is 5.32 Å². The molecule has 98 valence electrons. The van der Waals surface area contributed by atoms with Gasteiger partial charge in [0.15, 0.2) is 11.6 Å². The monoisotopic (exact) mass is 254 g/mol. The number of anilines is 1. The van der Waals surface area contributed by atoms with Crippen LogP contribution in [0.1, 0.15) is 0 Å². The number of halogens is 1. The third kappa shape index (κ3) is 2.96. The topological polar surface area (TPSA) is 59.6 Å². The molecule has 0 saturated carbocycles. The van der Waals surface area contributed by atoms with Crippen LogP contribution in [0.2, 0.25) is 0 Å². The number of ether oxygens (including phenoxy) is 2. The number of benzene rings is 1. The van der Waals surface area contributed by atoms with Crippen LogP contribution in [0, 0.1) is 5.82 Å². The Morgan fingerprint density at radius 1 is 1.61 bits per heavy atom. The summed E-state index contributed by atoms with van der Waals surface area (Å²) in [6, 6.07) is 4.16. The van der Waals surface area contributed by atoms with Crippen LogP contribution in [-0.4, -0.2) is 38.8 Å². The Hall–Kier alpha value is -1.66. The third-order valence-electron chi connectivity index (χ3n) is 2.64. The fourth-order valence-electron chi connectivity index (χ4n) is 1.69. The quantitative estimate of drug-likeness (QED) is 0.836. The van der Waals surface area contributed by atoms with Gasteiger partial charge >= 0.3 is 0 Å². The van der Waals surface area contributed by atoms with Gasteiger partial charge in [-0.15, -0.1) is 0 Å². The lowest BCUT2D eigenvalue weighted by Crippen LogP contribution is -2.45. The molecule has 1 fully saturated rings. The first-order valence-electron chi connectivity index (χ1n) is 5.67. The van der Waals surface area contributed by atoms with Crippen molar-refractivity contribution >= 4 is 11.6 Å². The molecule has 0 bridgehead atoms. The Labute approximate surface area is 104 Å². The molecular formula is C12H15FN2O3. The Morgan fingerprint density at radius 3 is 3.11 bits per heavy atom. The number of amides is 1. The second-order valence-electron chi connectivity index (χ2n) is 3.90. The van der Waals surface area contributed by atoms with Gasteiger partial charge < -0.3 is 20.1 Å². The van der Waals surface area contributed by atoms with Crippen molar-refractivity contribution in [3.05, 3.63) is 24.0 Å². The van der Waals surface area contributed by atoms with E-state index in [0.717, 1.165) is 6.54 Å². The first-order chi connectivity index (χ1) is 8.70. The van der Waals surface area contributed by atoms with E-state index >= 15 is 0 Å². The second-order valence-corrected chi connectivity index (χ2v) is 3.90. The van der Waals surface area contributed by atoms with Gasteiger partial charge in [0.1, 0.15) is 6.10 Å². The van der Waals surface area contributed by atoms with Crippen molar-refractivity contribution < 1.29 is 18.7 Å². The molecule has 2 rings (SSSR count). The summed E-state index contributed by atoms with van der Waals surface area (Å²) in [4.78, 5) is 11.8. The van der Waals surface area contributed by atoms with Gasteiger partial charge in [-0.1, -0.05) is 0 Å². The van der Waals surface area contributed by atoms with Gasteiger partial charge in [0.25, 0.3) is 5.91 Å². The SMILES string of the molecule is COc1cc(NC(=O)C2CNCCO2)ccc1F. The Balaban J connectivity index is 2.02. The highest BCUT2D eigenvalue weighted by Gasteiger charge is 2.21. The molecule has 0 spiro atoms. The number of hydrogen-bond acceptors (Lipinski definition) is 4. The van der Waals surface area contributed by atoms with E-state index in [1.165, 1.54) is 25.3 Å². The molecule has 1 unspecified atom stereocenters. The highest BCUT2D eigenvalue weighted by Crippen LogP contribution is 2.21. The maximum Gasteiger partial charge on any atom is 0.254 e. The zero-order chi connectivity index (χ0) is 13.0. The van der Waals surface area contributed by atoms with Gasteiger partial charge in [0.05, 0.1) is 13.7 Å². The summed E-state index contributed by atoms with van der Waals surface area (Å²) in [6.07, 6.45) is -0.519. The van der Waals surface area contributed by atoms with E-state index < -0.39 is 11.9 Å². The number of carbonyl (C=O) groups is 1. The summed E-state index contributed by atoms with van der Waals surface area (Å²) < 4.78 is 23.3. The van der Waals surface area contributed by atoms with Crippen LogP contribution in [0.25, 0.3) is 0 Å². The smallest absolute Gasteiger partial charge is 0.254 e. The number of hydrogen-bond donors (Lipinski definition) is 2. The van der Waals surface area contributed by atoms with E-state index in [1.54, 1.807) is 0 Å². The zero-order valence-corrected chi connectivity index (χ0v) is 10.0. The van der Waals surface area contributed by atoms with Crippen molar-refractivity contribution in [3.8, 4) is 5.75 Å². The normalized spacial score (nSPS) is 19.3. The number of carbonyl (C=O) groups excluding carboxylic acids is 1. The number of nitrogens with one attached hydrogen (secondary N) is 2. The molecule has 1 amide bonds. The van der Waals surface area contributed by atoms with Gasteiger partial charge in [-0.3, -0.25) is 4.79 Å². The summed E-state index contributed by atoms with van der Waals surface area (Å²) in [7, 11) is 1.37. The van der Waals surface area contributed by atoms with E-state index in [4.69, 9.17) is 9.47 Å². The summed E-state index contributed by atoms with van der Waals surface area (Å²) in [5, 5.41) is 5.73. The largest absolute Gasteiger partial charge is 0.494 e. The minimum atomic E-state index is -0.519. The van der Waals surface area contributed by atoms with Crippen LogP contribution in [-0.2, 0) is 9.53 Å². The molecule has 1 aliphatic heterocycles. The molecule has 1 aromatic rings. The van der Waals surface area contributed by atoms with E-state index in [9.17, 15) is 9.18 Å². The molecule has 0 aliphatic carbocycles. The van der Waals surface area contributed by atoms with E-state index in [1.807, 2.05) is 0 Å². The maximum absolute atomic E-state index is 13.2. The Bertz CT molecular complexity index is 433. The molecule has 5 nitrogen and oxygen atoms in total. The van der Waals surface area contributed by atoms with Crippen LogP contribution >= 0.6 is 0 Å². The molecule has 1 saturated heterocycles. The fraction of sp³-hybridized carbons (Fsp3) is 0.417. The van der Waals surface area contributed by atoms with Crippen molar-refractivity contribution in [2.45, 2.75) is 6.10 Å². The van der Waals surface area contributed by atoms with Crippen molar-refractivity contribution in [1.29, 1.82) is 0 Å². The molecule has 1 aliphatic rings. The standard InChI is InChI=1S/C12H15FN2O3/c1-17-10-6-8(2-3-9(10)13)15-12(16)11-7-14-4-5-18-11/h2-3,6,11,14H,4-5,7H2,1H3,(H,15,16). The fourth-order valence-corrected chi connectivity index (χ4v) is 1.69. The lowest BCUT2D eigenvalue weighted by Gasteiger charge is -2.22. The van der Waals surface area contributed by atoms with Crippen molar-refractivity contribution in [3.63, 3.8) is 0 Å². The van der Waals surface area contributed by atoms with E-state index in [0.29, 0.717) is 18.8 Å². The highest BCUT2D eigenvalue weighted by molar-refractivity contribution is 5.94. The predicted molar refractivity (Wildman–Crippen MR) is 64.2 cm³/mol. The molecule has 0 radical (unpaired) electrons. The van der Waals surface area contributed by atoms with Crippen LogP contribution in [0.4, 0.5) is 10.1 Å². The number of methoxy groups -OCH3 is 1. The van der Waals surface area contributed by atoms with Crippen LogP contribution in [0.5, 0.6) is 5.75 Å². The predicted octanol–water partition coefficient (Wildman–Crippen LogP) is 0.761. The van der Waals surface area contributed by atoms with Gasteiger partial charge in [0.2, 0.25) is 0 Å². The number of morpholine rings is 1. The average molecular weight is 254 g/mol.